The summed E-state index contributed by atoms with van der Waals surface area (Å²) in [6, 6.07) is 0. The van der Waals surface area contributed by atoms with Crippen LogP contribution in [0.25, 0.3) is 0 Å². The largest absolute Gasteiger partial charge is 0.411 e. The first-order valence-electron chi connectivity index (χ1n) is 6.91. The van der Waals surface area contributed by atoms with Gasteiger partial charge in [0.1, 0.15) is 24.4 Å². The normalized spacial score (nSPS) is 11.6. The summed E-state index contributed by atoms with van der Waals surface area (Å²) in [6.45, 7) is -0.602. The zero-order chi connectivity index (χ0) is 19.5. The van der Waals surface area contributed by atoms with Crippen molar-refractivity contribution < 1.29 is 27.6 Å². The maximum absolute atomic E-state index is 12.0. The van der Waals surface area contributed by atoms with Gasteiger partial charge in [-0.05, 0) is 27.8 Å². The molecular weight excluding hydrogens is 429 g/mol. The van der Waals surface area contributed by atoms with Crippen molar-refractivity contribution in [2.45, 2.75) is 26.4 Å². The third-order valence-electron chi connectivity index (χ3n) is 2.99. The number of nitrogens with one attached hydrogen (secondary N) is 1. The van der Waals surface area contributed by atoms with E-state index < -0.39 is 36.2 Å². The van der Waals surface area contributed by atoms with Gasteiger partial charge in [0.05, 0.1) is 28.9 Å². The summed E-state index contributed by atoms with van der Waals surface area (Å²) in [7, 11) is 0. The first kappa shape index (κ1) is 19.8. The predicted octanol–water partition coefficient (Wildman–Crippen LogP) is 2.23. The van der Waals surface area contributed by atoms with Gasteiger partial charge < -0.3 is 20.2 Å². The highest BCUT2D eigenvalue weighted by atomic mass is 79.9. The number of halogens is 4. The van der Waals surface area contributed by atoms with E-state index in [1.165, 1.54) is 12.4 Å². The first-order valence-corrected chi connectivity index (χ1v) is 7.70. The minimum atomic E-state index is -4.44. The van der Waals surface area contributed by atoms with Crippen LogP contribution in [0.1, 0.15) is 5.69 Å². The molecule has 26 heavy (non-hydrogen) atoms. The van der Waals surface area contributed by atoms with Gasteiger partial charge in [0.15, 0.2) is 0 Å². The third kappa shape index (κ3) is 5.26. The Morgan fingerprint density at radius 2 is 2.19 bits per heavy atom. The maximum Gasteiger partial charge on any atom is 0.411 e. The van der Waals surface area contributed by atoms with Crippen LogP contribution >= 0.6 is 15.9 Å². The lowest BCUT2D eigenvalue weighted by molar-refractivity contribution is -0.390. The van der Waals surface area contributed by atoms with E-state index in [-0.39, 0.29) is 16.7 Å². The molecule has 0 atom stereocenters. The monoisotopic (exact) mass is 440 g/mol. The van der Waals surface area contributed by atoms with Crippen molar-refractivity contribution in [3.05, 3.63) is 32.7 Å². The average Bonchev–Trinajstić information content (AvgIpc) is 3.05. The number of nitro groups is 1. The SMILES string of the molecule is Cc1c(Br)c([N+](=O)[O-])nn1CC(=O)Nc1cnn(COCC(F)(F)F)c1. The van der Waals surface area contributed by atoms with Gasteiger partial charge in [0.2, 0.25) is 5.91 Å². The van der Waals surface area contributed by atoms with Gasteiger partial charge in [0, 0.05) is 0 Å². The number of hydrogen-bond acceptors (Lipinski definition) is 6. The van der Waals surface area contributed by atoms with Crippen LogP contribution in [-0.4, -0.2) is 43.2 Å². The van der Waals surface area contributed by atoms with Crippen LogP contribution in [-0.2, 0) is 22.8 Å². The van der Waals surface area contributed by atoms with Gasteiger partial charge in [-0.1, -0.05) is 0 Å². The Morgan fingerprint density at radius 3 is 2.77 bits per heavy atom. The average molecular weight is 441 g/mol. The van der Waals surface area contributed by atoms with E-state index in [2.05, 4.69) is 36.2 Å². The second kappa shape index (κ2) is 7.82. The Hall–Kier alpha value is -2.48. The van der Waals surface area contributed by atoms with Crippen molar-refractivity contribution in [3.8, 4) is 0 Å². The molecule has 1 amide bonds. The van der Waals surface area contributed by atoms with Crippen molar-refractivity contribution in [1.29, 1.82) is 0 Å². The lowest BCUT2D eigenvalue weighted by Gasteiger charge is -2.07. The summed E-state index contributed by atoms with van der Waals surface area (Å²) in [6.07, 6.45) is -1.94. The Balaban J connectivity index is 1.93. The summed E-state index contributed by atoms with van der Waals surface area (Å²) in [5, 5.41) is 20.7. The minimum Gasteiger partial charge on any atom is -0.358 e. The minimum absolute atomic E-state index is 0.171. The number of ether oxygens (including phenoxy) is 1. The van der Waals surface area contributed by atoms with Crippen LogP contribution in [0.4, 0.5) is 24.7 Å². The van der Waals surface area contributed by atoms with E-state index in [4.69, 9.17) is 0 Å². The van der Waals surface area contributed by atoms with E-state index in [9.17, 15) is 28.1 Å². The molecule has 2 aromatic heterocycles. The second-order valence-corrected chi connectivity index (χ2v) is 5.84. The fraction of sp³-hybridized carbons (Fsp3) is 0.417. The topological polar surface area (TPSA) is 117 Å². The molecule has 0 aliphatic heterocycles. The van der Waals surface area contributed by atoms with Gasteiger partial charge in [-0.2, -0.15) is 23.0 Å². The lowest BCUT2D eigenvalue weighted by Crippen LogP contribution is -2.20. The highest BCUT2D eigenvalue weighted by molar-refractivity contribution is 9.10. The summed E-state index contributed by atoms with van der Waals surface area (Å²) in [5.41, 5.74) is 0.618. The van der Waals surface area contributed by atoms with E-state index in [0.717, 1.165) is 9.36 Å². The molecule has 2 aromatic rings. The lowest BCUT2D eigenvalue weighted by atomic mass is 10.4. The molecular formula is C12H12BrF3N6O4. The summed E-state index contributed by atoms with van der Waals surface area (Å²) < 4.78 is 42.8. The molecule has 0 saturated carbocycles. The van der Waals surface area contributed by atoms with Crippen molar-refractivity contribution in [3.63, 3.8) is 0 Å². The van der Waals surface area contributed by atoms with E-state index in [1.54, 1.807) is 6.92 Å². The third-order valence-corrected chi connectivity index (χ3v) is 3.92. The Kier molecular flexibility index (Phi) is 5.97. The maximum atomic E-state index is 12.0. The van der Waals surface area contributed by atoms with Crippen molar-refractivity contribution in [2.75, 3.05) is 11.9 Å². The van der Waals surface area contributed by atoms with Crippen LogP contribution in [0.3, 0.4) is 0 Å². The van der Waals surface area contributed by atoms with Crippen LogP contribution in [0.5, 0.6) is 0 Å². The highest BCUT2D eigenvalue weighted by Gasteiger charge is 2.27. The molecule has 1 N–H and O–H groups in total. The number of carbonyl (C=O) groups is 1. The summed E-state index contributed by atoms with van der Waals surface area (Å²) in [4.78, 5) is 22.1. The Bertz CT molecular complexity index is 818. The quantitative estimate of drug-likeness (QED) is 0.521. The number of alkyl halides is 3. The molecule has 2 heterocycles. The molecule has 0 aliphatic rings. The van der Waals surface area contributed by atoms with E-state index >= 15 is 0 Å². The highest BCUT2D eigenvalue weighted by Crippen LogP contribution is 2.26. The molecule has 0 radical (unpaired) electrons. The number of amides is 1. The molecule has 0 saturated heterocycles. The fourth-order valence-corrected chi connectivity index (χ4v) is 2.30. The summed E-state index contributed by atoms with van der Waals surface area (Å²) in [5.74, 6) is -0.960. The molecule has 0 unspecified atom stereocenters. The van der Waals surface area contributed by atoms with Crippen LogP contribution in [0.15, 0.2) is 16.9 Å². The first-order chi connectivity index (χ1) is 12.1. The zero-order valence-corrected chi connectivity index (χ0v) is 14.7. The van der Waals surface area contributed by atoms with Gasteiger partial charge >= 0.3 is 12.0 Å². The molecule has 10 nitrogen and oxygen atoms in total. The standard InChI is InChI=1S/C12H12BrF3N6O4/c1-7-10(13)11(22(24)25)19-21(7)4-9(23)18-8-2-17-20(3-8)6-26-5-12(14,15)16/h2-3H,4-6H2,1H3,(H,18,23). The van der Waals surface area contributed by atoms with E-state index in [1.807, 2.05) is 0 Å². The molecule has 0 spiro atoms. The Labute approximate surface area is 152 Å². The number of hydrogen-bond donors (Lipinski definition) is 1. The summed E-state index contributed by atoms with van der Waals surface area (Å²) >= 11 is 3.04. The predicted molar refractivity (Wildman–Crippen MR) is 84.2 cm³/mol. The number of aromatic nitrogens is 4. The number of carbonyl (C=O) groups excluding carboxylic acids is 1. The number of rotatable bonds is 7. The van der Waals surface area contributed by atoms with Crippen molar-refractivity contribution in [2.24, 2.45) is 0 Å². The molecule has 142 valence electrons. The van der Waals surface area contributed by atoms with Crippen molar-refractivity contribution >= 4 is 33.3 Å². The van der Waals surface area contributed by atoms with Crippen molar-refractivity contribution in [1.82, 2.24) is 19.6 Å². The van der Waals surface area contributed by atoms with Gasteiger partial charge in [0.25, 0.3) is 0 Å². The van der Waals surface area contributed by atoms with Crippen LogP contribution in [0, 0.1) is 17.0 Å². The van der Waals surface area contributed by atoms with E-state index in [0.29, 0.717) is 5.69 Å². The number of anilines is 1. The second-order valence-electron chi connectivity index (χ2n) is 5.05. The molecule has 2 rings (SSSR count). The molecule has 0 aliphatic carbocycles. The molecule has 0 fully saturated rings. The number of nitrogens with zero attached hydrogens (tertiary/aromatic N) is 5. The van der Waals surface area contributed by atoms with Crippen LogP contribution in [0.2, 0.25) is 0 Å². The van der Waals surface area contributed by atoms with Gasteiger partial charge in [-0.25, -0.2) is 4.68 Å². The molecule has 0 bridgehead atoms. The molecule has 0 aromatic carbocycles. The zero-order valence-electron chi connectivity index (χ0n) is 13.2. The smallest absolute Gasteiger partial charge is 0.358 e. The van der Waals surface area contributed by atoms with Crippen LogP contribution < -0.4 is 5.32 Å². The van der Waals surface area contributed by atoms with Gasteiger partial charge in [-0.15, -0.1) is 0 Å². The Morgan fingerprint density at radius 1 is 1.50 bits per heavy atom. The van der Waals surface area contributed by atoms with Gasteiger partial charge in [-0.3, -0.25) is 4.79 Å². The molecule has 14 heteroatoms. The fourth-order valence-electron chi connectivity index (χ4n) is 1.87.